The number of nitrogens with zero attached hydrogens (tertiary/aromatic N) is 1. The molecule has 1 aliphatic rings. The third kappa shape index (κ3) is 3.30. The van der Waals surface area contributed by atoms with Crippen molar-refractivity contribution in [3.8, 4) is 0 Å². The molecule has 0 amide bonds. The molecule has 0 aromatic heterocycles. The number of hydrogen-bond acceptors (Lipinski definition) is 3. The quantitative estimate of drug-likeness (QED) is 0.900. The third-order valence-corrected chi connectivity index (χ3v) is 3.93. The Morgan fingerprint density at radius 1 is 1.09 bits per heavy atom. The predicted octanol–water partition coefficient (Wildman–Crippen LogP) is 4.10. The molecule has 22 heavy (non-hydrogen) atoms. The molecule has 1 N–H and O–H groups in total. The Labute approximate surface area is 132 Å². The van der Waals surface area contributed by atoms with Gasteiger partial charge in [-0.1, -0.05) is 56.3 Å². The number of aliphatic imine (C=N–C) groups is 1. The molecule has 3 rings (SSSR count). The van der Waals surface area contributed by atoms with E-state index in [0.717, 1.165) is 23.7 Å². The Kier molecular flexibility index (Phi) is 4.42. The Morgan fingerprint density at radius 3 is 2.55 bits per heavy atom. The van der Waals surface area contributed by atoms with E-state index in [9.17, 15) is 0 Å². The molecular weight excluding hydrogens is 272 g/mol. The van der Waals surface area contributed by atoms with Gasteiger partial charge in [0.15, 0.2) is 0 Å². The van der Waals surface area contributed by atoms with Gasteiger partial charge < -0.3 is 10.1 Å². The third-order valence-electron chi connectivity index (χ3n) is 3.93. The topological polar surface area (TPSA) is 33.6 Å². The molecule has 2 aromatic rings. The number of anilines is 1. The minimum Gasteiger partial charge on any atom is -0.475 e. The molecule has 0 spiro atoms. The lowest BCUT2D eigenvalue weighted by Gasteiger charge is -2.11. The van der Waals surface area contributed by atoms with E-state index in [0.29, 0.717) is 12.5 Å². The minimum atomic E-state index is 0.261. The summed E-state index contributed by atoms with van der Waals surface area (Å²) in [4.78, 5) is 4.73. The van der Waals surface area contributed by atoms with Gasteiger partial charge in [-0.05, 0) is 23.6 Å². The molecule has 0 fully saturated rings. The number of hydrogen-bond donors (Lipinski definition) is 1. The second-order valence-electron chi connectivity index (χ2n) is 5.94. The molecule has 0 aliphatic carbocycles. The second-order valence-corrected chi connectivity index (χ2v) is 5.94. The maximum absolute atomic E-state index is 5.82. The highest BCUT2D eigenvalue weighted by Crippen LogP contribution is 2.23. The van der Waals surface area contributed by atoms with Crippen LogP contribution in [-0.4, -0.2) is 18.5 Å². The predicted molar refractivity (Wildman–Crippen MR) is 91.3 cm³/mol. The summed E-state index contributed by atoms with van der Waals surface area (Å²) in [6.45, 7) is 5.83. The van der Waals surface area contributed by atoms with Crippen LogP contribution < -0.4 is 5.32 Å². The monoisotopic (exact) mass is 294 g/mol. The SMILES string of the molecule is CC(C)[C@H]1COC(c2ccccc2NCc2ccccc2)=N1. The number of ether oxygens (including phenoxy) is 1. The van der Waals surface area contributed by atoms with Crippen LogP contribution in [-0.2, 0) is 11.3 Å². The molecule has 0 bridgehead atoms. The number of benzene rings is 2. The summed E-state index contributed by atoms with van der Waals surface area (Å²) in [5, 5.41) is 3.49. The largest absolute Gasteiger partial charge is 0.475 e. The first-order valence-corrected chi connectivity index (χ1v) is 7.82. The average Bonchev–Trinajstić information content (AvgIpc) is 3.04. The van der Waals surface area contributed by atoms with Crippen LogP contribution in [0, 0.1) is 5.92 Å². The van der Waals surface area contributed by atoms with E-state index in [-0.39, 0.29) is 6.04 Å². The molecule has 114 valence electrons. The number of rotatable bonds is 5. The molecule has 0 saturated carbocycles. The van der Waals surface area contributed by atoms with Crippen LogP contribution in [0.3, 0.4) is 0 Å². The summed E-state index contributed by atoms with van der Waals surface area (Å²) in [5.41, 5.74) is 3.36. The van der Waals surface area contributed by atoms with Crippen LogP contribution in [0.4, 0.5) is 5.69 Å². The molecule has 1 heterocycles. The fraction of sp³-hybridized carbons (Fsp3) is 0.316. The first-order chi connectivity index (χ1) is 10.7. The molecule has 1 atom stereocenters. The highest BCUT2D eigenvalue weighted by atomic mass is 16.5. The van der Waals surface area contributed by atoms with E-state index < -0.39 is 0 Å². The van der Waals surface area contributed by atoms with Gasteiger partial charge in [0.25, 0.3) is 0 Å². The van der Waals surface area contributed by atoms with Crippen LogP contribution in [0.2, 0.25) is 0 Å². The molecule has 2 aromatic carbocycles. The van der Waals surface area contributed by atoms with Crippen molar-refractivity contribution in [2.45, 2.75) is 26.4 Å². The van der Waals surface area contributed by atoms with Crippen LogP contribution >= 0.6 is 0 Å². The summed E-state index contributed by atoms with van der Waals surface area (Å²) in [5.74, 6) is 1.26. The van der Waals surface area contributed by atoms with Gasteiger partial charge in [0.05, 0.1) is 11.6 Å². The van der Waals surface area contributed by atoms with Crippen LogP contribution in [0.5, 0.6) is 0 Å². The van der Waals surface area contributed by atoms with Crippen LogP contribution in [0.25, 0.3) is 0 Å². The first kappa shape index (κ1) is 14.6. The molecule has 0 saturated heterocycles. The maximum atomic E-state index is 5.82. The zero-order valence-electron chi connectivity index (χ0n) is 13.1. The summed E-state index contributed by atoms with van der Waals surface area (Å²) < 4.78 is 5.82. The highest BCUT2D eigenvalue weighted by molar-refractivity contribution is 6.00. The van der Waals surface area contributed by atoms with Crippen LogP contribution in [0.1, 0.15) is 25.0 Å². The summed E-state index contributed by atoms with van der Waals surface area (Å²) in [6, 6.07) is 18.8. The Hall–Kier alpha value is -2.29. The standard InChI is InChI=1S/C19H22N2O/c1-14(2)18-13-22-19(21-18)16-10-6-7-11-17(16)20-12-15-8-4-3-5-9-15/h3-11,14,18,20H,12-13H2,1-2H3/t18-/m1/s1. The van der Waals surface area contributed by atoms with Gasteiger partial charge in [0.1, 0.15) is 6.61 Å². The van der Waals surface area contributed by atoms with Gasteiger partial charge in [-0.2, -0.15) is 0 Å². The average molecular weight is 294 g/mol. The summed E-state index contributed by atoms with van der Waals surface area (Å²) in [7, 11) is 0. The van der Waals surface area contributed by atoms with Crippen molar-refractivity contribution < 1.29 is 4.74 Å². The summed E-state index contributed by atoms with van der Waals surface area (Å²) >= 11 is 0. The fourth-order valence-corrected chi connectivity index (χ4v) is 2.50. The lowest BCUT2D eigenvalue weighted by atomic mass is 10.1. The van der Waals surface area contributed by atoms with Crippen molar-refractivity contribution >= 4 is 11.6 Å². The van der Waals surface area contributed by atoms with Crippen molar-refractivity contribution in [3.05, 3.63) is 65.7 Å². The van der Waals surface area contributed by atoms with E-state index in [2.05, 4.69) is 55.6 Å². The Bertz CT molecular complexity index is 649. The second kappa shape index (κ2) is 6.65. The van der Waals surface area contributed by atoms with Gasteiger partial charge in [0, 0.05) is 12.2 Å². The fourth-order valence-electron chi connectivity index (χ4n) is 2.50. The smallest absolute Gasteiger partial charge is 0.218 e. The first-order valence-electron chi connectivity index (χ1n) is 7.82. The van der Waals surface area contributed by atoms with Crippen molar-refractivity contribution in [2.24, 2.45) is 10.9 Å². The molecule has 3 nitrogen and oxygen atoms in total. The van der Waals surface area contributed by atoms with Gasteiger partial charge in [-0.25, -0.2) is 4.99 Å². The van der Waals surface area contributed by atoms with E-state index in [1.165, 1.54) is 5.56 Å². The molecular formula is C19H22N2O. The van der Waals surface area contributed by atoms with Crippen molar-refractivity contribution in [1.82, 2.24) is 0 Å². The zero-order valence-corrected chi connectivity index (χ0v) is 13.1. The van der Waals surface area contributed by atoms with Crippen molar-refractivity contribution in [2.75, 3.05) is 11.9 Å². The lowest BCUT2D eigenvalue weighted by molar-refractivity contribution is 0.292. The Balaban J connectivity index is 1.77. The van der Waals surface area contributed by atoms with Gasteiger partial charge >= 0.3 is 0 Å². The van der Waals surface area contributed by atoms with Gasteiger partial charge in [0.2, 0.25) is 5.90 Å². The lowest BCUT2D eigenvalue weighted by Crippen LogP contribution is -2.13. The van der Waals surface area contributed by atoms with E-state index in [1.54, 1.807) is 0 Å². The molecule has 3 heteroatoms. The summed E-state index contributed by atoms with van der Waals surface area (Å²) in [6.07, 6.45) is 0. The number of para-hydroxylation sites is 1. The van der Waals surface area contributed by atoms with Gasteiger partial charge in [-0.3, -0.25) is 0 Å². The molecule has 1 aliphatic heterocycles. The minimum absolute atomic E-state index is 0.261. The normalized spacial score (nSPS) is 17.2. The van der Waals surface area contributed by atoms with Gasteiger partial charge in [-0.15, -0.1) is 0 Å². The molecule has 0 radical (unpaired) electrons. The van der Waals surface area contributed by atoms with E-state index in [1.807, 2.05) is 18.2 Å². The Morgan fingerprint density at radius 2 is 1.82 bits per heavy atom. The molecule has 0 unspecified atom stereocenters. The zero-order chi connectivity index (χ0) is 15.4. The van der Waals surface area contributed by atoms with E-state index >= 15 is 0 Å². The van der Waals surface area contributed by atoms with E-state index in [4.69, 9.17) is 9.73 Å². The van der Waals surface area contributed by atoms with Crippen LogP contribution in [0.15, 0.2) is 59.6 Å². The van der Waals surface area contributed by atoms with Crippen molar-refractivity contribution in [1.29, 1.82) is 0 Å². The number of nitrogens with one attached hydrogen (secondary N) is 1. The maximum Gasteiger partial charge on any atom is 0.218 e. The highest BCUT2D eigenvalue weighted by Gasteiger charge is 2.24. The van der Waals surface area contributed by atoms with Crippen molar-refractivity contribution in [3.63, 3.8) is 0 Å².